The predicted molar refractivity (Wildman–Crippen MR) is 165 cm³/mol. The molecule has 0 saturated carbocycles. The van der Waals surface area contributed by atoms with Crippen molar-refractivity contribution in [3.8, 4) is 11.4 Å². The molecule has 3 N–H and O–H groups in total. The maximum Gasteiger partial charge on any atom is 0.418 e. The summed E-state index contributed by atoms with van der Waals surface area (Å²) in [4.78, 5) is 25.4. The van der Waals surface area contributed by atoms with E-state index in [0.717, 1.165) is 17.0 Å². The van der Waals surface area contributed by atoms with Gasteiger partial charge in [0.15, 0.2) is 5.60 Å². The highest BCUT2D eigenvalue weighted by Gasteiger charge is 2.56. The maximum atomic E-state index is 14.5. The van der Waals surface area contributed by atoms with Crippen molar-refractivity contribution in [2.24, 2.45) is 0 Å². The molecule has 1 aromatic heterocycles. The first-order chi connectivity index (χ1) is 21.4. The van der Waals surface area contributed by atoms with Crippen LogP contribution < -0.4 is 10.1 Å². The summed E-state index contributed by atoms with van der Waals surface area (Å²) in [6, 6.07) is 12.3. The molecule has 0 aliphatic rings. The quantitative estimate of drug-likeness (QED) is 0.169. The Balaban J connectivity index is 1.67. The number of hydrogen-bond acceptors (Lipinski definition) is 6. The van der Waals surface area contributed by atoms with E-state index in [9.17, 15) is 37.4 Å². The molecule has 0 bridgehead atoms. The summed E-state index contributed by atoms with van der Waals surface area (Å²) in [5, 5.41) is 28.1. The third-order valence-corrected chi connectivity index (χ3v) is 8.15. The molecule has 13 heteroatoms. The molecule has 9 nitrogen and oxygen atoms in total. The van der Waals surface area contributed by atoms with Gasteiger partial charge in [0.2, 0.25) is 0 Å². The molecule has 0 saturated heterocycles. The number of carbonyl (C=O) groups excluding carboxylic acids is 1. The molecule has 46 heavy (non-hydrogen) atoms. The number of aliphatic carboxylic acids is 1. The molecular formula is C33H36F4N4O5. The number of hydrogen-bond donors (Lipinski definition) is 3. The number of nitrogens with one attached hydrogen (secondary N) is 1. The zero-order chi connectivity index (χ0) is 34.2. The highest BCUT2D eigenvalue weighted by Crippen LogP contribution is 2.44. The van der Waals surface area contributed by atoms with Gasteiger partial charge >= 0.3 is 12.1 Å². The number of carboxylic acids is 1. The molecule has 0 radical (unpaired) electrons. The summed E-state index contributed by atoms with van der Waals surface area (Å²) < 4.78 is 64.4. The second kappa shape index (κ2) is 12.6. The van der Waals surface area contributed by atoms with Crippen LogP contribution in [0.4, 0.5) is 23.2 Å². The van der Waals surface area contributed by atoms with Crippen LogP contribution in [0, 0.1) is 12.7 Å². The van der Waals surface area contributed by atoms with Gasteiger partial charge in [-0.1, -0.05) is 19.9 Å². The number of carbonyl (C=O) groups is 2. The van der Waals surface area contributed by atoms with Gasteiger partial charge in [-0.05, 0) is 79.8 Å². The van der Waals surface area contributed by atoms with Crippen molar-refractivity contribution in [2.45, 2.75) is 57.3 Å². The fourth-order valence-corrected chi connectivity index (χ4v) is 5.47. The highest BCUT2D eigenvalue weighted by molar-refractivity contribution is 5.97. The predicted octanol–water partition coefficient (Wildman–Crippen LogP) is 6.10. The monoisotopic (exact) mass is 644 g/mol. The van der Waals surface area contributed by atoms with Crippen molar-refractivity contribution in [2.75, 3.05) is 26.0 Å². The fourth-order valence-electron chi connectivity index (χ4n) is 5.47. The molecule has 0 aliphatic carbocycles. The minimum atomic E-state index is -5.05. The SMILES string of the molecule is COc1ccc(F)cc1C(C)(C)CC(O)(CNc1cc(C)cc2c1cnn2-c1cccc(C(=O)N(C)[C@H](C)C(=O)O)c1)C(F)(F)F. The fraction of sp³-hybridized carbons (Fsp3) is 0.364. The number of fused-ring (bicyclic) bond motifs is 1. The third kappa shape index (κ3) is 6.79. The standard InChI is InChI=1S/C33H36F4N4O5/c1-19-12-26(38-18-32(45,33(35,36)37)17-31(3,4)25-15-22(34)10-11-28(25)46-6)24-16-39-41(27(24)13-19)23-9-7-8-21(14-23)29(42)40(5)20(2)30(43)44/h7-16,20,38,45H,17-18H2,1-6H3,(H,43,44)/t20-,32?/m1/s1. The Labute approximate surface area is 263 Å². The molecule has 3 aromatic carbocycles. The molecular weight excluding hydrogens is 608 g/mol. The number of rotatable bonds is 11. The van der Waals surface area contributed by atoms with Gasteiger partial charge in [0.05, 0.1) is 31.1 Å². The van der Waals surface area contributed by atoms with Crippen LogP contribution in [0.5, 0.6) is 5.75 Å². The Morgan fingerprint density at radius 2 is 1.80 bits per heavy atom. The van der Waals surface area contributed by atoms with Gasteiger partial charge in [-0.3, -0.25) is 4.79 Å². The number of aromatic nitrogens is 2. The van der Waals surface area contributed by atoms with Gasteiger partial charge in [0.25, 0.3) is 5.91 Å². The summed E-state index contributed by atoms with van der Waals surface area (Å²) in [6.07, 6.45) is -4.40. The highest BCUT2D eigenvalue weighted by atomic mass is 19.4. The van der Waals surface area contributed by atoms with E-state index in [-0.39, 0.29) is 22.6 Å². The summed E-state index contributed by atoms with van der Waals surface area (Å²) in [7, 11) is 2.72. The number of carboxylic acid groups (broad SMARTS) is 1. The largest absolute Gasteiger partial charge is 0.496 e. The molecule has 4 aromatic rings. The molecule has 4 rings (SSSR count). The number of nitrogens with zero attached hydrogens (tertiary/aromatic N) is 3. The summed E-state index contributed by atoms with van der Waals surface area (Å²) in [6.45, 7) is 5.18. The number of aliphatic hydroxyl groups is 1. The molecule has 1 heterocycles. The number of aryl methyl sites for hydroxylation is 1. The summed E-state index contributed by atoms with van der Waals surface area (Å²) in [5.41, 5.74) is -2.24. The van der Waals surface area contributed by atoms with Crippen molar-refractivity contribution in [1.29, 1.82) is 0 Å². The second-order valence-electron chi connectivity index (χ2n) is 12.1. The Morgan fingerprint density at radius 1 is 1.11 bits per heavy atom. The van der Waals surface area contributed by atoms with Crippen LogP contribution >= 0.6 is 0 Å². The van der Waals surface area contributed by atoms with Crippen LogP contribution in [-0.4, -0.2) is 75.3 Å². The molecule has 2 atom stereocenters. The van der Waals surface area contributed by atoms with Crippen molar-refractivity contribution >= 4 is 28.5 Å². The van der Waals surface area contributed by atoms with E-state index in [1.54, 1.807) is 43.3 Å². The average Bonchev–Trinajstić information content (AvgIpc) is 3.41. The van der Waals surface area contributed by atoms with Crippen LogP contribution in [0.15, 0.2) is 60.8 Å². The first-order valence-electron chi connectivity index (χ1n) is 14.3. The molecule has 1 amide bonds. The molecule has 246 valence electrons. The van der Waals surface area contributed by atoms with Crippen molar-refractivity contribution in [3.63, 3.8) is 0 Å². The third-order valence-electron chi connectivity index (χ3n) is 8.15. The van der Waals surface area contributed by atoms with Crippen molar-refractivity contribution in [3.05, 3.63) is 83.3 Å². The number of methoxy groups -OCH3 is 1. The normalized spacial score (nSPS) is 14.1. The Morgan fingerprint density at radius 3 is 2.43 bits per heavy atom. The zero-order valence-corrected chi connectivity index (χ0v) is 26.2. The number of ether oxygens (including phenoxy) is 1. The molecule has 1 unspecified atom stereocenters. The number of halogens is 4. The first kappa shape index (κ1) is 34.2. The lowest BCUT2D eigenvalue weighted by molar-refractivity contribution is -0.260. The molecule has 0 aliphatic heterocycles. The summed E-state index contributed by atoms with van der Waals surface area (Å²) in [5.74, 6) is -2.12. The van der Waals surface area contributed by atoms with Crippen LogP contribution in [0.25, 0.3) is 16.6 Å². The lowest BCUT2D eigenvalue weighted by Crippen LogP contribution is -2.53. The van der Waals surface area contributed by atoms with Gasteiger partial charge in [-0.15, -0.1) is 0 Å². The maximum absolute atomic E-state index is 14.5. The lowest BCUT2D eigenvalue weighted by Gasteiger charge is -2.38. The van der Waals surface area contributed by atoms with E-state index in [2.05, 4.69) is 10.4 Å². The number of amides is 1. The van der Waals surface area contributed by atoms with E-state index in [1.807, 2.05) is 0 Å². The van der Waals surface area contributed by atoms with E-state index in [4.69, 9.17) is 4.74 Å². The van der Waals surface area contributed by atoms with E-state index in [1.165, 1.54) is 51.9 Å². The number of alkyl halides is 3. The van der Waals surface area contributed by atoms with Gasteiger partial charge < -0.3 is 25.2 Å². The lowest BCUT2D eigenvalue weighted by atomic mass is 9.74. The van der Waals surface area contributed by atoms with Crippen molar-refractivity contribution < 1.29 is 42.1 Å². The Kier molecular flexibility index (Phi) is 9.39. The van der Waals surface area contributed by atoms with Crippen LogP contribution in [0.1, 0.15) is 48.7 Å². The molecule has 0 fully saturated rings. The van der Waals surface area contributed by atoms with Crippen LogP contribution in [0.3, 0.4) is 0 Å². The smallest absolute Gasteiger partial charge is 0.418 e. The van der Waals surface area contributed by atoms with Gasteiger partial charge in [-0.2, -0.15) is 18.3 Å². The minimum absolute atomic E-state index is 0.182. The Hall–Kier alpha value is -4.65. The van der Waals surface area contributed by atoms with Crippen molar-refractivity contribution in [1.82, 2.24) is 14.7 Å². The van der Waals surface area contributed by atoms with Crippen LogP contribution in [0.2, 0.25) is 0 Å². The van der Waals surface area contributed by atoms with E-state index in [0.29, 0.717) is 22.2 Å². The number of anilines is 1. The summed E-state index contributed by atoms with van der Waals surface area (Å²) >= 11 is 0. The van der Waals surface area contributed by atoms with Crippen LogP contribution in [-0.2, 0) is 10.2 Å². The number of benzene rings is 3. The van der Waals surface area contributed by atoms with E-state index < -0.39 is 53.9 Å². The second-order valence-corrected chi connectivity index (χ2v) is 12.1. The zero-order valence-electron chi connectivity index (χ0n) is 26.2. The first-order valence-corrected chi connectivity index (χ1v) is 14.3. The Bertz CT molecular complexity index is 1770. The minimum Gasteiger partial charge on any atom is -0.496 e. The average molecular weight is 645 g/mol. The van der Waals surface area contributed by atoms with Gasteiger partial charge in [-0.25, -0.2) is 13.9 Å². The van der Waals surface area contributed by atoms with Gasteiger partial charge in [0, 0.05) is 29.2 Å². The number of likely N-dealkylation sites (N-methyl/N-ethyl adjacent to an activating group) is 1. The molecule has 0 spiro atoms. The van der Waals surface area contributed by atoms with Gasteiger partial charge in [0.1, 0.15) is 17.6 Å². The van der Waals surface area contributed by atoms with E-state index >= 15 is 0 Å². The topological polar surface area (TPSA) is 117 Å².